The van der Waals surface area contributed by atoms with Crippen molar-refractivity contribution in [2.45, 2.75) is 4.90 Å². The number of phenols is 1. The first-order chi connectivity index (χ1) is 6.38. The lowest BCUT2D eigenvalue weighted by Crippen LogP contribution is -1.95. The molecule has 0 aliphatic heterocycles. The SMILES string of the molecule is N#Cc1c(S(=O)(=O)Cl)ccc(O)c1Br. The third kappa shape index (κ3) is 2.00. The first-order valence-corrected chi connectivity index (χ1v) is 6.34. The van der Waals surface area contributed by atoms with E-state index in [-0.39, 0.29) is 20.7 Å². The second-order valence-corrected chi connectivity index (χ2v) is 5.65. The number of rotatable bonds is 1. The Labute approximate surface area is 93.3 Å². The fourth-order valence-corrected chi connectivity index (χ4v) is 2.43. The van der Waals surface area contributed by atoms with Gasteiger partial charge in [-0.15, -0.1) is 0 Å². The predicted octanol–water partition coefficient (Wildman–Crippen LogP) is 1.95. The van der Waals surface area contributed by atoms with E-state index < -0.39 is 9.05 Å². The Balaban J connectivity index is 3.66. The minimum Gasteiger partial charge on any atom is -0.507 e. The van der Waals surface area contributed by atoms with Gasteiger partial charge in [-0.2, -0.15) is 5.26 Å². The summed E-state index contributed by atoms with van der Waals surface area (Å²) in [6, 6.07) is 3.85. The number of nitriles is 1. The first kappa shape index (κ1) is 11.3. The van der Waals surface area contributed by atoms with Gasteiger partial charge in [-0.3, -0.25) is 0 Å². The Hall–Kier alpha value is -0.770. The van der Waals surface area contributed by atoms with E-state index >= 15 is 0 Å². The topological polar surface area (TPSA) is 78.2 Å². The molecule has 0 saturated heterocycles. The molecule has 0 aliphatic rings. The van der Waals surface area contributed by atoms with Crippen molar-refractivity contribution in [2.75, 3.05) is 0 Å². The molecule has 0 aliphatic carbocycles. The summed E-state index contributed by atoms with van der Waals surface area (Å²) in [5, 5.41) is 17.9. The van der Waals surface area contributed by atoms with Crippen molar-refractivity contribution < 1.29 is 13.5 Å². The molecule has 7 heteroatoms. The van der Waals surface area contributed by atoms with Gasteiger partial charge in [0.2, 0.25) is 0 Å². The molecule has 0 atom stereocenters. The van der Waals surface area contributed by atoms with Gasteiger partial charge in [0, 0.05) is 10.7 Å². The lowest BCUT2D eigenvalue weighted by Gasteiger charge is -2.03. The lowest BCUT2D eigenvalue weighted by molar-refractivity contribution is 0.471. The zero-order valence-corrected chi connectivity index (χ0v) is 9.69. The molecule has 0 aromatic heterocycles. The van der Waals surface area contributed by atoms with Gasteiger partial charge in [-0.1, -0.05) is 0 Å². The molecule has 1 aromatic carbocycles. The van der Waals surface area contributed by atoms with Crippen LogP contribution in [0.15, 0.2) is 21.5 Å². The molecule has 4 nitrogen and oxygen atoms in total. The van der Waals surface area contributed by atoms with Crippen molar-refractivity contribution in [3.8, 4) is 11.8 Å². The monoisotopic (exact) mass is 295 g/mol. The fraction of sp³-hybridized carbons (Fsp3) is 0. The van der Waals surface area contributed by atoms with E-state index in [9.17, 15) is 13.5 Å². The van der Waals surface area contributed by atoms with Crippen molar-refractivity contribution >= 4 is 35.7 Å². The predicted molar refractivity (Wildman–Crippen MR) is 53.6 cm³/mol. The van der Waals surface area contributed by atoms with Gasteiger partial charge < -0.3 is 5.11 Å². The Morgan fingerprint density at radius 3 is 2.50 bits per heavy atom. The Bertz CT molecular complexity index is 520. The van der Waals surface area contributed by atoms with Crippen molar-refractivity contribution in [1.29, 1.82) is 5.26 Å². The fourth-order valence-electron chi connectivity index (χ4n) is 0.855. The van der Waals surface area contributed by atoms with Crippen LogP contribution in [0.2, 0.25) is 0 Å². The average molecular weight is 297 g/mol. The number of aromatic hydroxyl groups is 1. The molecule has 0 heterocycles. The molecule has 0 amide bonds. The molecule has 0 fully saturated rings. The summed E-state index contributed by atoms with van der Waals surface area (Å²) in [5.74, 6) is -0.217. The maximum absolute atomic E-state index is 11.0. The summed E-state index contributed by atoms with van der Waals surface area (Å²) in [6.45, 7) is 0. The smallest absolute Gasteiger partial charge is 0.262 e. The largest absolute Gasteiger partial charge is 0.507 e. The zero-order chi connectivity index (χ0) is 10.9. The molecule has 1 N–H and O–H groups in total. The lowest BCUT2D eigenvalue weighted by atomic mass is 10.2. The highest BCUT2D eigenvalue weighted by Gasteiger charge is 2.19. The van der Waals surface area contributed by atoms with Crippen molar-refractivity contribution in [1.82, 2.24) is 0 Å². The van der Waals surface area contributed by atoms with Gasteiger partial charge in [0.1, 0.15) is 16.7 Å². The van der Waals surface area contributed by atoms with Crippen molar-refractivity contribution in [2.24, 2.45) is 0 Å². The van der Waals surface area contributed by atoms with Gasteiger partial charge in [0.15, 0.2) is 0 Å². The van der Waals surface area contributed by atoms with Crippen LogP contribution in [0.25, 0.3) is 0 Å². The van der Waals surface area contributed by atoms with Crippen LogP contribution < -0.4 is 0 Å². The number of nitrogens with zero attached hydrogens (tertiary/aromatic N) is 1. The molecular weight excluding hydrogens is 294 g/mol. The summed E-state index contributed by atoms with van der Waals surface area (Å²) in [4.78, 5) is -0.327. The van der Waals surface area contributed by atoms with Gasteiger partial charge in [0.25, 0.3) is 9.05 Å². The third-order valence-corrected chi connectivity index (χ3v) is 3.62. The van der Waals surface area contributed by atoms with Crippen LogP contribution in [0.1, 0.15) is 5.56 Å². The number of halogens is 2. The van der Waals surface area contributed by atoms with Crippen molar-refractivity contribution in [3.63, 3.8) is 0 Å². The van der Waals surface area contributed by atoms with Crippen LogP contribution >= 0.6 is 26.6 Å². The van der Waals surface area contributed by atoms with Crippen LogP contribution in [0.4, 0.5) is 0 Å². The molecule has 74 valence electrons. The molecule has 1 rings (SSSR count). The van der Waals surface area contributed by atoms with Crippen LogP contribution in [-0.2, 0) is 9.05 Å². The highest BCUT2D eigenvalue weighted by atomic mass is 79.9. The molecule has 0 spiro atoms. The Kier molecular flexibility index (Phi) is 3.04. The molecule has 0 bridgehead atoms. The number of phenolic OH excluding ortho intramolecular Hbond substituents is 1. The van der Waals surface area contributed by atoms with Gasteiger partial charge >= 0.3 is 0 Å². The summed E-state index contributed by atoms with van der Waals surface area (Å²) < 4.78 is 22.0. The highest BCUT2D eigenvalue weighted by molar-refractivity contribution is 9.10. The highest BCUT2D eigenvalue weighted by Crippen LogP contribution is 2.32. The second-order valence-electron chi connectivity index (χ2n) is 2.32. The summed E-state index contributed by atoms with van der Waals surface area (Å²) >= 11 is 2.89. The van der Waals surface area contributed by atoms with Crippen LogP contribution in [-0.4, -0.2) is 13.5 Å². The van der Waals surface area contributed by atoms with E-state index in [2.05, 4.69) is 15.9 Å². The summed E-state index contributed by atoms with van der Waals surface area (Å²) in [6.07, 6.45) is 0. The molecule has 1 aromatic rings. The summed E-state index contributed by atoms with van der Waals surface area (Å²) in [7, 11) is 1.11. The van der Waals surface area contributed by atoms with E-state index in [1.807, 2.05) is 0 Å². The summed E-state index contributed by atoms with van der Waals surface area (Å²) in [5.41, 5.74) is -0.208. The average Bonchev–Trinajstić information content (AvgIpc) is 2.07. The number of hydrogen-bond acceptors (Lipinski definition) is 4. The molecule has 14 heavy (non-hydrogen) atoms. The third-order valence-electron chi connectivity index (χ3n) is 1.46. The standard InChI is InChI=1S/C7H3BrClNO3S/c8-7-4(3-10)6(14(9,12)13)2-1-5(7)11/h1-2,11H. The first-order valence-electron chi connectivity index (χ1n) is 3.24. The van der Waals surface area contributed by atoms with Gasteiger partial charge in [-0.25, -0.2) is 8.42 Å². The molecule has 0 radical (unpaired) electrons. The molecule has 0 unspecified atom stereocenters. The minimum absolute atomic E-state index is 0.0155. The van der Waals surface area contributed by atoms with E-state index in [0.29, 0.717) is 0 Å². The maximum atomic E-state index is 11.0. The number of hydrogen-bond donors (Lipinski definition) is 1. The van der Waals surface area contributed by atoms with E-state index in [1.165, 1.54) is 0 Å². The van der Waals surface area contributed by atoms with Crippen LogP contribution in [0.5, 0.6) is 5.75 Å². The quantitative estimate of drug-likeness (QED) is 0.804. The van der Waals surface area contributed by atoms with E-state index in [1.54, 1.807) is 6.07 Å². The Morgan fingerprint density at radius 1 is 1.50 bits per heavy atom. The molecule has 0 saturated carbocycles. The van der Waals surface area contributed by atoms with Crippen molar-refractivity contribution in [3.05, 3.63) is 22.2 Å². The second kappa shape index (κ2) is 3.77. The Morgan fingerprint density at radius 2 is 2.07 bits per heavy atom. The maximum Gasteiger partial charge on any atom is 0.262 e. The van der Waals surface area contributed by atoms with Crippen LogP contribution in [0.3, 0.4) is 0 Å². The van der Waals surface area contributed by atoms with E-state index in [4.69, 9.17) is 15.9 Å². The number of benzene rings is 1. The van der Waals surface area contributed by atoms with Crippen LogP contribution in [0, 0.1) is 11.3 Å². The minimum atomic E-state index is -3.98. The van der Waals surface area contributed by atoms with E-state index in [0.717, 1.165) is 12.1 Å². The normalized spacial score (nSPS) is 10.9. The van der Waals surface area contributed by atoms with Gasteiger partial charge in [0.05, 0.1) is 10.0 Å². The molecular formula is C7H3BrClNO3S. The van der Waals surface area contributed by atoms with Gasteiger partial charge in [-0.05, 0) is 28.1 Å². The zero-order valence-electron chi connectivity index (χ0n) is 6.53.